The third-order valence-corrected chi connectivity index (χ3v) is 5.34. The fourth-order valence-electron chi connectivity index (χ4n) is 2.65. The van der Waals surface area contributed by atoms with Crippen molar-refractivity contribution < 1.29 is 17.9 Å². The molecule has 2 aromatic carbocycles. The lowest BCUT2D eigenvalue weighted by molar-refractivity contribution is 0.354. The van der Waals surface area contributed by atoms with E-state index in [4.69, 9.17) is 9.47 Å². The average molecular weight is 363 g/mol. The zero-order valence-electron chi connectivity index (χ0n) is 15.0. The molecule has 1 atom stereocenters. The number of rotatable bonds is 8. The van der Waals surface area contributed by atoms with Gasteiger partial charge in [-0.1, -0.05) is 44.2 Å². The van der Waals surface area contributed by atoms with E-state index in [1.165, 1.54) is 26.4 Å². The van der Waals surface area contributed by atoms with E-state index in [1.807, 2.05) is 30.3 Å². The minimum absolute atomic E-state index is 0.148. The Morgan fingerprint density at radius 3 is 2.16 bits per heavy atom. The SMILES string of the molecule is COc1ccc(S(=O)(=O)N[C@H](CC(C)C)c2ccccc2)cc1OC. The first-order valence-corrected chi connectivity index (χ1v) is 9.65. The summed E-state index contributed by atoms with van der Waals surface area (Å²) in [5.41, 5.74) is 0.945. The fourth-order valence-corrected chi connectivity index (χ4v) is 3.90. The van der Waals surface area contributed by atoms with Crippen molar-refractivity contribution in [1.29, 1.82) is 0 Å². The van der Waals surface area contributed by atoms with Crippen molar-refractivity contribution in [3.05, 3.63) is 54.1 Å². The van der Waals surface area contributed by atoms with Crippen LogP contribution in [0.3, 0.4) is 0 Å². The molecule has 0 aliphatic heterocycles. The monoisotopic (exact) mass is 363 g/mol. The Morgan fingerprint density at radius 1 is 0.960 bits per heavy atom. The van der Waals surface area contributed by atoms with Gasteiger partial charge in [0.25, 0.3) is 0 Å². The third kappa shape index (κ3) is 4.96. The van der Waals surface area contributed by atoms with Crippen LogP contribution in [0.1, 0.15) is 31.9 Å². The van der Waals surface area contributed by atoms with Crippen LogP contribution in [0.2, 0.25) is 0 Å². The van der Waals surface area contributed by atoms with Gasteiger partial charge < -0.3 is 9.47 Å². The molecular weight excluding hydrogens is 338 g/mol. The molecule has 2 rings (SSSR count). The summed E-state index contributed by atoms with van der Waals surface area (Å²) in [4.78, 5) is 0.148. The van der Waals surface area contributed by atoms with E-state index in [0.717, 1.165) is 5.56 Å². The molecule has 0 amide bonds. The molecule has 136 valence electrons. The molecule has 0 saturated carbocycles. The Kier molecular flexibility index (Phi) is 6.45. The molecule has 0 unspecified atom stereocenters. The third-order valence-electron chi connectivity index (χ3n) is 3.87. The number of ether oxygens (including phenoxy) is 2. The van der Waals surface area contributed by atoms with Gasteiger partial charge in [0, 0.05) is 12.1 Å². The van der Waals surface area contributed by atoms with Crippen LogP contribution in [0.25, 0.3) is 0 Å². The van der Waals surface area contributed by atoms with Gasteiger partial charge in [-0.3, -0.25) is 0 Å². The van der Waals surface area contributed by atoms with Crippen LogP contribution in [-0.4, -0.2) is 22.6 Å². The Labute approximate surface area is 150 Å². The molecule has 2 aromatic rings. The van der Waals surface area contributed by atoms with E-state index in [2.05, 4.69) is 18.6 Å². The van der Waals surface area contributed by atoms with E-state index in [-0.39, 0.29) is 10.9 Å². The average Bonchev–Trinajstić information content (AvgIpc) is 2.60. The van der Waals surface area contributed by atoms with Gasteiger partial charge >= 0.3 is 0 Å². The molecule has 0 fully saturated rings. The van der Waals surface area contributed by atoms with Crippen LogP contribution >= 0.6 is 0 Å². The van der Waals surface area contributed by atoms with Crippen molar-refractivity contribution >= 4 is 10.0 Å². The van der Waals surface area contributed by atoms with E-state index < -0.39 is 10.0 Å². The summed E-state index contributed by atoms with van der Waals surface area (Å²) < 4.78 is 38.9. The maximum Gasteiger partial charge on any atom is 0.241 e. The van der Waals surface area contributed by atoms with E-state index >= 15 is 0 Å². The Bertz CT molecular complexity index is 788. The van der Waals surface area contributed by atoms with Crippen LogP contribution in [-0.2, 0) is 10.0 Å². The van der Waals surface area contributed by atoms with Crippen molar-refractivity contribution in [2.75, 3.05) is 14.2 Å². The van der Waals surface area contributed by atoms with Gasteiger partial charge in [0.15, 0.2) is 11.5 Å². The summed E-state index contributed by atoms with van der Waals surface area (Å²) in [6, 6.07) is 13.9. The number of methoxy groups -OCH3 is 2. The van der Waals surface area contributed by atoms with Crippen LogP contribution in [0, 0.1) is 5.92 Å². The topological polar surface area (TPSA) is 64.6 Å². The van der Waals surface area contributed by atoms with E-state index in [1.54, 1.807) is 6.07 Å². The maximum atomic E-state index is 12.9. The molecule has 0 aromatic heterocycles. The zero-order chi connectivity index (χ0) is 18.4. The molecule has 0 heterocycles. The van der Waals surface area contributed by atoms with Crippen molar-refractivity contribution in [3.8, 4) is 11.5 Å². The van der Waals surface area contributed by atoms with Crippen molar-refractivity contribution in [2.45, 2.75) is 31.2 Å². The number of benzene rings is 2. The number of nitrogens with one attached hydrogen (secondary N) is 1. The van der Waals surface area contributed by atoms with Crippen LogP contribution in [0.15, 0.2) is 53.4 Å². The highest BCUT2D eigenvalue weighted by molar-refractivity contribution is 7.89. The lowest BCUT2D eigenvalue weighted by Crippen LogP contribution is -2.29. The Hall–Kier alpha value is -2.05. The first-order chi connectivity index (χ1) is 11.9. The summed E-state index contributed by atoms with van der Waals surface area (Å²) in [5.74, 6) is 1.21. The standard InChI is InChI=1S/C19H25NO4S/c1-14(2)12-17(15-8-6-5-7-9-15)20-25(21,22)16-10-11-18(23-3)19(13-16)24-4/h5-11,13-14,17,20H,12H2,1-4H3/t17-/m1/s1. The molecule has 0 spiro atoms. The van der Waals surface area contributed by atoms with Gasteiger partial charge in [-0.05, 0) is 30.0 Å². The van der Waals surface area contributed by atoms with E-state index in [0.29, 0.717) is 23.8 Å². The summed E-state index contributed by atoms with van der Waals surface area (Å²) in [6.07, 6.45) is 0.705. The molecule has 25 heavy (non-hydrogen) atoms. The summed E-state index contributed by atoms with van der Waals surface area (Å²) in [5, 5.41) is 0. The smallest absolute Gasteiger partial charge is 0.241 e. The highest BCUT2D eigenvalue weighted by Gasteiger charge is 2.23. The minimum Gasteiger partial charge on any atom is -0.493 e. The molecular formula is C19H25NO4S. The second kappa shape index (κ2) is 8.36. The fraction of sp³-hybridized carbons (Fsp3) is 0.368. The lowest BCUT2D eigenvalue weighted by atomic mass is 9.98. The van der Waals surface area contributed by atoms with Crippen LogP contribution < -0.4 is 14.2 Å². The first-order valence-electron chi connectivity index (χ1n) is 8.16. The minimum atomic E-state index is -3.70. The molecule has 0 aliphatic rings. The number of hydrogen-bond donors (Lipinski definition) is 1. The summed E-state index contributed by atoms with van der Waals surface area (Å²) in [6.45, 7) is 4.14. The van der Waals surface area contributed by atoms with Gasteiger partial charge in [-0.2, -0.15) is 0 Å². The lowest BCUT2D eigenvalue weighted by Gasteiger charge is -2.21. The zero-order valence-corrected chi connectivity index (χ0v) is 15.8. The normalized spacial score (nSPS) is 12.8. The van der Waals surface area contributed by atoms with Crippen LogP contribution in [0.5, 0.6) is 11.5 Å². The predicted octanol–water partition coefficient (Wildman–Crippen LogP) is 3.77. The predicted molar refractivity (Wildman–Crippen MR) is 98.5 cm³/mol. The Morgan fingerprint density at radius 2 is 1.60 bits per heavy atom. The second-order valence-corrected chi connectivity index (χ2v) is 7.94. The number of sulfonamides is 1. The van der Waals surface area contributed by atoms with Gasteiger partial charge in [-0.25, -0.2) is 13.1 Å². The van der Waals surface area contributed by atoms with Gasteiger partial charge in [0.2, 0.25) is 10.0 Å². The largest absolute Gasteiger partial charge is 0.493 e. The maximum absolute atomic E-state index is 12.9. The number of hydrogen-bond acceptors (Lipinski definition) is 4. The molecule has 1 N–H and O–H groups in total. The quantitative estimate of drug-likeness (QED) is 0.775. The summed E-state index contributed by atoms with van der Waals surface area (Å²) in [7, 11) is -0.705. The molecule has 6 heteroatoms. The van der Waals surface area contributed by atoms with Crippen molar-refractivity contribution in [2.24, 2.45) is 5.92 Å². The van der Waals surface area contributed by atoms with Crippen molar-refractivity contribution in [1.82, 2.24) is 4.72 Å². The molecule has 5 nitrogen and oxygen atoms in total. The van der Waals surface area contributed by atoms with Crippen LogP contribution in [0.4, 0.5) is 0 Å². The van der Waals surface area contributed by atoms with Gasteiger partial charge in [0.1, 0.15) is 0 Å². The molecule has 0 aliphatic carbocycles. The Balaban J connectivity index is 2.34. The molecule has 0 radical (unpaired) electrons. The summed E-state index contributed by atoms with van der Waals surface area (Å²) >= 11 is 0. The second-order valence-electron chi connectivity index (χ2n) is 6.23. The van der Waals surface area contributed by atoms with Crippen molar-refractivity contribution in [3.63, 3.8) is 0 Å². The molecule has 0 bridgehead atoms. The van der Waals surface area contributed by atoms with E-state index in [9.17, 15) is 8.42 Å². The first kappa shape index (κ1) is 19.3. The van der Waals surface area contributed by atoms with Gasteiger partial charge in [0.05, 0.1) is 19.1 Å². The highest BCUT2D eigenvalue weighted by Crippen LogP contribution is 2.30. The van der Waals surface area contributed by atoms with Gasteiger partial charge in [-0.15, -0.1) is 0 Å². The molecule has 0 saturated heterocycles. The highest BCUT2D eigenvalue weighted by atomic mass is 32.2.